The number of nitrogens with one attached hydrogen (secondary N) is 3. The molecule has 166 valence electrons. The summed E-state index contributed by atoms with van der Waals surface area (Å²) in [6, 6.07) is 11.4. The lowest BCUT2D eigenvalue weighted by molar-refractivity contribution is -0.116. The number of anilines is 2. The second-order valence-corrected chi connectivity index (χ2v) is 7.79. The zero-order valence-electron chi connectivity index (χ0n) is 18.1. The Bertz CT molecular complexity index is 936. The number of guanidine groups is 1. The van der Waals surface area contributed by atoms with Crippen molar-refractivity contribution in [1.29, 1.82) is 0 Å². The molecule has 1 atom stereocenters. The molecule has 0 saturated carbocycles. The number of ether oxygens (including phenoxy) is 1. The molecule has 9 heteroatoms. The Hall–Kier alpha value is -3.00. The zero-order valence-corrected chi connectivity index (χ0v) is 18.9. The fraction of sp³-hybridized carbons (Fsp3) is 0.409. The van der Waals surface area contributed by atoms with Crippen molar-refractivity contribution in [3.63, 3.8) is 0 Å². The number of methoxy groups -OCH3 is 1. The van der Waals surface area contributed by atoms with Crippen LogP contribution in [0.4, 0.5) is 11.5 Å². The molecule has 1 unspecified atom stereocenters. The van der Waals surface area contributed by atoms with Gasteiger partial charge in [-0.1, -0.05) is 17.7 Å². The number of aliphatic imine (C=N–C) groups is 1. The van der Waals surface area contributed by atoms with Gasteiger partial charge in [-0.05, 0) is 43.7 Å². The number of aromatic nitrogens is 1. The smallest absolute Gasteiger partial charge is 0.227 e. The molecule has 0 spiro atoms. The van der Waals surface area contributed by atoms with E-state index in [-0.39, 0.29) is 11.9 Å². The molecule has 1 saturated heterocycles. The van der Waals surface area contributed by atoms with Crippen LogP contribution in [0.25, 0.3) is 0 Å². The summed E-state index contributed by atoms with van der Waals surface area (Å²) < 4.78 is 5.48. The normalized spacial score (nSPS) is 16.2. The number of rotatable bonds is 7. The van der Waals surface area contributed by atoms with Crippen molar-refractivity contribution in [1.82, 2.24) is 15.6 Å². The number of amides is 1. The summed E-state index contributed by atoms with van der Waals surface area (Å²) in [4.78, 5) is 22.9. The Kier molecular flexibility index (Phi) is 7.94. The largest absolute Gasteiger partial charge is 0.495 e. The van der Waals surface area contributed by atoms with Crippen LogP contribution >= 0.6 is 11.6 Å². The summed E-state index contributed by atoms with van der Waals surface area (Å²) in [6.07, 6.45) is 1.27. The highest BCUT2D eigenvalue weighted by atomic mass is 35.5. The molecule has 2 aromatic rings. The average Bonchev–Trinajstić information content (AvgIpc) is 3.21. The zero-order chi connectivity index (χ0) is 22.2. The number of carbonyl (C=O) groups is 1. The molecular formula is C22H29ClN6O2. The third-order valence-corrected chi connectivity index (χ3v) is 5.27. The van der Waals surface area contributed by atoms with Gasteiger partial charge in [-0.25, -0.2) is 4.98 Å². The molecule has 2 heterocycles. The first-order valence-corrected chi connectivity index (χ1v) is 10.7. The van der Waals surface area contributed by atoms with E-state index >= 15 is 0 Å². The lowest BCUT2D eigenvalue weighted by atomic mass is 10.2. The van der Waals surface area contributed by atoms with Crippen molar-refractivity contribution in [3.8, 4) is 5.75 Å². The number of aryl methyl sites for hydroxylation is 1. The second kappa shape index (κ2) is 10.9. The molecule has 0 aliphatic carbocycles. The first kappa shape index (κ1) is 22.7. The van der Waals surface area contributed by atoms with Gasteiger partial charge in [0, 0.05) is 49.9 Å². The van der Waals surface area contributed by atoms with Crippen LogP contribution in [0.2, 0.25) is 5.02 Å². The van der Waals surface area contributed by atoms with Crippen molar-refractivity contribution in [3.05, 3.63) is 47.1 Å². The van der Waals surface area contributed by atoms with Crippen molar-refractivity contribution in [2.24, 2.45) is 4.99 Å². The van der Waals surface area contributed by atoms with E-state index < -0.39 is 0 Å². The Labute approximate surface area is 188 Å². The minimum absolute atomic E-state index is 0.0962. The number of benzene rings is 1. The van der Waals surface area contributed by atoms with Crippen LogP contribution in [-0.2, 0) is 4.79 Å². The highest BCUT2D eigenvalue weighted by molar-refractivity contribution is 6.30. The van der Waals surface area contributed by atoms with Gasteiger partial charge in [0.2, 0.25) is 5.91 Å². The predicted molar refractivity (Wildman–Crippen MR) is 125 cm³/mol. The lowest BCUT2D eigenvalue weighted by Crippen LogP contribution is -2.45. The molecular weight excluding hydrogens is 416 g/mol. The Morgan fingerprint density at radius 1 is 1.35 bits per heavy atom. The number of halogens is 1. The standard InChI is InChI=1S/C22H29ClN6O2/c1-15-5-4-6-20(26-15)28-21(30)9-11-25-22(24-2)27-17-10-12-29(14-17)18-13-16(23)7-8-19(18)31-3/h4-8,13,17H,9-12,14H2,1-3H3,(H2,24,25,27)(H,26,28,30). The Morgan fingerprint density at radius 3 is 2.94 bits per heavy atom. The maximum atomic E-state index is 12.1. The minimum Gasteiger partial charge on any atom is -0.495 e. The molecule has 1 amide bonds. The number of pyridine rings is 1. The van der Waals surface area contributed by atoms with Crippen molar-refractivity contribution in [2.45, 2.75) is 25.8 Å². The summed E-state index contributed by atoms with van der Waals surface area (Å²) >= 11 is 6.17. The Balaban J connectivity index is 1.45. The van der Waals surface area contributed by atoms with Crippen LogP contribution in [0.5, 0.6) is 5.75 Å². The molecule has 1 aliphatic heterocycles. The number of hydrogen-bond donors (Lipinski definition) is 3. The van der Waals surface area contributed by atoms with Crippen LogP contribution in [-0.4, -0.2) is 56.7 Å². The third kappa shape index (κ3) is 6.49. The van der Waals surface area contributed by atoms with Crippen molar-refractivity contribution in [2.75, 3.05) is 44.0 Å². The summed E-state index contributed by atoms with van der Waals surface area (Å²) in [6.45, 7) is 4.05. The summed E-state index contributed by atoms with van der Waals surface area (Å²) in [5, 5.41) is 10.1. The van der Waals surface area contributed by atoms with E-state index in [9.17, 15) is 4.79 Å². The van der Waals surface area contributed by atoms with E-state index in [0.29, 0.717) is 29.8 Å². The van der Waals surface area contributed by atoms with E-state index in [1.807, 2.05) is 37.3 Å². The minimum atomic E-state index is -0.0962. The number of hydrogen-bond acceptors (Lipinski definition) is 5. The molecule has 3 N–H and O–H groups in total. The van der Waals surface area contributed by atoms with Gasteiger partial charge >= 0.3 is 0 Å². The van der Waals surface area contributed by atoms with Crippen molar-refractivity contribution >= 4 is 35.0 Å². The summed E-state index contributed by atoms with van der Waals surface area (Å²) in [5.74, 6) is 1.95. The molecule has 0 radical (unpaired) electrons. The van der Waals surface area contributed by atoms with Gasteiger partial charge in [0.1, 0.15) is 11.6 Å². The molecule has 1 aromatic heterocycles. The third-order valence-electron chi connectivity index (χ3n) is 5.03. The Morgan fingerprint density at radius 2 is 2.19 bits per heavy atom. The first-order chi connectivity index (χ1) is 15.0. The summed E-state index contributed by atoms with van der Waals surface area (Å²) in [7, 11) is 3.38. The first-order valence-electron chi connectivity index (χ1n) is 10.3. The van der Waals surface area contributed by atoms with Gasteiger partial charge in [0.25, 0.3) is 0 Å². The average molecular weight is 445 g/mol. The van der Waals surface area contributed by atoms with E-state index in [1.165, 1.54) is 0 Å². The molecule has 1 aromatic carbocycles. The highest BCUT2D eigenvalue weighted by Crippen LogP contribution is 2.33. The molecule has 1 aliphatic rings. The van der Waals surface area contributed by atoms with Crippen LogP contribution < -0.4 is 25.6 Å². The maximum absolute atomic E-state index is 12.1. The van der Waals surface area contributed by atoms with Crippen LogP contribution in [0.3, 0.4) is 0 Å². The van der Waals surface area contributed by atoms with E-state index in [1.54, 1.807) is 20.2 Å². The van der Waals surface area contributed by atoms with Gasteiger partial charge < -0.3 is 25.6 Å². The van der Waals surface area contributed by atoms with Gasteiger partial charge in [-0.3, -0.25) is 9.79 Å². The van der Waals surface area contributed by atoms with Gasteiger partial charge in [-0.15, -0.1) is 0 Å². The second-order valence-electron chi connectivity index (χ2n) is 7.35. The molecule has 3 rings (SSSR count). The van der Waals surface area contributed by atoms with Gasteiger partial charge in [-0.2, -0.15) is 0 Å². The van der Waals surface area contributed by atoms with E-state index in [2.05, 4.69) is 30.8 Å². The number of nitrogens with zero attached hydrogens (tertiary/aromatic N) is 3. The fourth-order valence-corrected chi connectivity index (χ4v) is 3.67. The molecule has 31 heavy (non-hydrogen) atoms. The topological polar surface area (TPSA) is 90.9 Å². The molecule has 1 fully saturated rings. The molecule has 0 bridgehead atoms. The molecule has 8 nitrogen and oxygen atoms in total. The predicted octanol–water partition coefficient (Wildman–Crippen LogP) is 2.82. The SMILES string of the molecule is CN=C(NCCC(=O)Nc1cccc(C)n1)NC1CCN(c2cc(Cl)ccc2OC)C1. The van der Waals surface area contributed by atoms with Crippen LogP contribution in [0, 0.1) is 6.92 Å². The van der Waals surface area contributed by atoms with Gasteiger partial charge in [0.05, 0.1) is 12.8 Å². The van der Waals surface area contributed by atoms with E-state index in [0.717, 1.165) is 36.6 Å². The van der Waals surface area contributed by atoms with Gasteiger partial charge in [0.15, 0.2) is 5.96 Å². The van der Waals surface area contributed by atoms with Crippen LogP contribution in [0.1, 0.15) is 18.5 Å². The summed E-state index contributed by atoms with van der Waals surface area (Å²) in [5.41, 5.74) is 1.85. The van der Waals surface area contributed by atoms with E-state index in [4.69, 9.17) is 16.3 Å². The van der Waals surface area contributed by atoms with Crippen LogP contribution in [0.15, 0.2) is 41.4 Å². The fourth-order valence-electron chi connectivity index (χ4n) is 3.51. The van der Waals surface area contributed by atoms with Crippen molar-refractivity contribution < 1.29 is 9.53 Å². The monoisotopic (exact) mass is 444 g/mol. The lowest BCUT2D eigenvalue weighted by Gasteiger charge is -2.22. The maximum Gasteiger partial charge on any atom is 0.227 e. The quantitative estimate of drug-likeness (QED) is 0.449. The number of carbonyl (C=O) groups excluding carboxylic acids is 1. The highest BCUT2D eigenvalue weighted by Gasteiger charge is 2.25.